The quantitative estimate of drug-likeness (QED) is 0.927. The number of halogens is 1. The summed E-state index contributed by atoms with van der Waals surface area (Å²) in [5.74, 6) is 0.703. The molecule has 1 aromatic heterocycles. The summed E-state index contributed by atoms with van der Waals surface area (Å²) in [7, 11) is 2.08. The van der Waals surface area contributed by atoms with Crippen LogP contribution in [0.15, 0.2) is 12.3 Å². The summed E-state index contributed by atoms with van der Waals surface area (Å²) >= 11 is 6.17. The van der Waals surface area contributed by atoms with Crippen LogP contribution in [0.2, 0.25) is 5.02 Å². The molecule has 2 rings (SSSR count). The Bertz CT molecular complexity index is 495. The van der Waals surface area contributed by atoms with Gasteiger partial charge in [0.2, 0.25) is 0 Å². The molecule has 1 amide bonds. The third-order valence-electron chi connectivity index (χ3n) is 3.65. The maximum Gasteiger partial charge on any atom is 0.255 e. The summed E-state index contributed by atoms with van der Waals surface area (Å²) in [5, 5.41) is 3.61. The molecule has 0 unspecified atom stereocenters. The number of nitrogens with zero attached hydrogens (tertiary/aromatic N) is 3. The first-order chi connectivity index (χ1) is 10.1. The topological polar surface area (TPSA) is 48.5 Å². The van der Waals surface area contributed by atoms with Gasteiger partial charge in [0.15, 0.2) is 0 Å². The van der Waals surface area contributed by atoms with E-state index in [2.05, 4.69) is 29.2 Å². The molecule has 5 nitrogen and oxygen atoms in total. The number of carbonyl (C=O) groups is 1. The maximum atomic E-state index is 12.7. The van der Waals surface area contributed by atoms with Crippen molar-refractivity contribution in [2.45, 2.75) is 19.8 Å². The Morgan fingerprint density at radius 2 is 2.19 bits per heavy atom. The molecule has 0 aliphatic carbocycles. The SMILES string of the molecule is CCCNc1cc(C(=O)N2CCCN(C)CC2)c(Cl)cn1. The largest absolute Gasteiger partial charge is 0.370 e. The van der Waals surface area contributed by atoms with E-state index in [4.69, 9.17) is 11.6 Å². The van der Waals surface area contributed by atoms with Crippen LogP contribution in [0.1, 0.15) is 30.1 Å². The van der Waals surface area contributed by atoms with Crippen LogP contribution in [0.3, 0.4) is 0 Å². The standard InChI is InChI=1S/C15H23ClN4O/c1-3-5-17-14-10-12(13(16)11-18-14)15(21)20-7-4-6-19(2)8-9-20/h10-11H,3-9H2,1-2H3,(H,17,18). The Morgan fingerprint density at radius 3 is 2.95 bits per heavy atom. The first kappa shape index (κ1) is 16.0. The zero-order chi connectivity index (χ0) is 15.2. The zero-order valence-corrected chi connectivity index (χ0v) is 13.5. The number of hydrogen-bond donors (Lipinski definition) is 1. The minimum atomic E-state index is -0.00255. The van der Waals surface area contributed by atoms with Gasteiger partial charge in [-0.05, 0) is 32.5 Å². The van der Waals surface area contributed by atoms with Gasteiger partial charge in [0.05, 0.1) is 10.6 Å². The molecule has 0 bridgehead atoms. The molecular formula is C15H23ClN4O. The number of likely N-dealkylation sites (N-methyl/N-ethyl adjacent to an activating group) is 1. The molecule has 1 aliphatic rings. The van der Waals surface area contributed by atoms with E-state index in [0.717, 1.165) is 45.6 Å². The highest BCUT2D eigenvalue weighted by Gasteiger charge is 2.21. The van der Waals surface area contributed by atoms with Crippen LogP contribution in [0.25, 0.3) is 0 Å². The van der Waals surface area contributed by atoms with Gasteiger partial charge in [-0.15, -0.1) is 0 Å². The van der Waals surface area contributed by atoms with Crippen molar-refractivity contribution in [2.75, 3.05) is 45.1 Å². The predicted octanol–water partition coefficient (Wildman–Crippen LogP) is 2.33. The lowest BCUT2D eigenvalue weighted by Crippen LogP contribution is -2.34. The van der Waals surface area contributed by atoms with Gasteiger partial charge in [-0.2, -0.15) is 0 Å². The summed E-state index contributed by atoms with van der Waals surface area (Å²) in [6, 6.07) is 1.76. The highest BCUT2D eigenvalue weighted by Crippen LogP contribution is 2.20. The normalized spacial score (nSPS) is 16.6. The van der Waals surface area contributed by atoms with Gasteiger partial charge in [-0.1, -0.05) is 18.5 Å². The molecule has 1 saturated heterocycles. The average molecular weight is 311 g/mol. The molecule has 1 aromatic rings. The fourth-order valence-electron chi connectivity index (χ4n) is 2.37. The molecule has 21 heavy (non-hydrogen) atoms. The fourth-order valence-corrected chi connectivity index (χ4v) is 2.56. The molecule has 0 radical (unpaired) electrons. The second-order valence-electron chi connectivity index (χ2n) is 5.43. The van der Waals surface area contributed by atoms with E-state index in [1.54, 1.807) is 12.3 Å². The second kappa shape index (κ2) is 7.61. The number of rotatable bonds is 4. The minimum Gasteiger partial charge on any atom is -0.370 e. The van der Waals surface area contributed by atoms with Gasteiger partial charge in [-0.25, -0.2) is 4.98 Å². The zero-order valence-electron chi connectivity index (χ0n) is 12.7. The summed E-state index contributed by atoms with van der Waals surface area (Å²) in [6.45, 7) is 6.36. The van der Waals surface area contributed by atoms with Crippen molar-refractivity contribution in [3.63, 3.8) is 0 Å². The molecule has 6 heteroatoms. The van der Waals surface area contributed by atoms with Gasteiger partial charge in [0.25, 0.3) is 5.91 Å². The van der Waals surface area contributed by atoms with Gasteiger partial charge in [0.1, 0.15) is 5.82 Å². The highest BCUT2D eigenvalue weighted by atomic mass is 35.5. The van der Waals surface area contributed by atoms with E-state index in [1.165, 1.54) is 0 Å². The monoisotopic (exact) mass is 310 g/mol. The van der Waals surface area contributed by atoms with Crippen LogP contribution >= 0.6 is 11.6 Å². The number of hydrogen-bond acceptors (Lipinski definition) is 4. The number of anilines is 1. The van der Waals surface area contributed by atoms with E-state index in [1.807, 2.05) is 4.90 Å². The second-order valence-corrected chi connectivity index (χ2v) is 5.83. The van der Waals surface area contributed by atoms with Crippen LogP contribution < -0.4 is 5.32 Å². The molecular weight excluding hydrogens is 288 g/mol. The summed E-state index contributed by atoms with van der Waals surface area (Å²) < 4.78 is 0. The Morgan fingerprint density at radius 1 is 1.38 bits per heavy atom. The van der Waals surface area contributed by atoms with Crippen molar-refractivity contribution in [3.05, 3.63) is 22.8 Å². The Labute approximate surface area is 131 Å². The Hall–Kier alpha value is -1.33. The molecule has 1 fully saturated rings. The summed E-state index contributed by atoms with van der Waals surface area (Å²) in [6.07, 6.45) is 3.55. The third kappa shape index (κ3) is 4.32. The Kier molecular flexibility index (Phi) is 5.82. The molecule has 1 aliphatic heterocycles. The van der Waals surface area contributed by atoms with Crippen molar-refractivity contribution >= 4 is 23.3 Å². The molecule has 0 spiro atoms. The van der Waals surface area contributed by atoms with E-state index in [9.17, 15) is 4.79 Å². The first-order valence-electron chi connectivity index (χ1n) is 7.49. The van der Waals surface area contributed by atoms with E-state index in [-0.39, 0.29) is 5.91 Å². The number of carbonyl (C=O) groups excluding carboxylic acids is 1. The smallest absolute Gasteiger partial charge is 0.255 e. The van der Waals surface area contributed by atoms with Gasteiger partial charge in [0, 0.05) is 32.4 Å². The number of aromatic nitrogens is 1. The van der Waals surface area contributed by atoms with Crippen molar-refractivity contribution in [3.8, 4) is 0 Å². The predicted molar refractivity (Wildman–Crippen MR) is 86.0 cm³/mol. The molecule has 0 saturated carbocycles. The molecule has 2 heterocycles. The summed E-state index contributed by atoms with van der Waals surface area (Å²) in [4.78, 5) is 21.0. The number of nitrogens with one attached hydrogen (secondary N) is 1. The Balaban J connectivity index is 2.13. The van der Waals surface area contributed by atoms with Crippen molar-refractivity contribution in [2.24, 2.45) is 0 Å². The van der Waals surface area contributed by atoms with E-state index >= 15 is 0 Å². The first-order valence-corrected chi connectivity index (χ1v) is 7.87. The lowest BCUT2D eigenvalue weighted by molar-refractivity contribution is 0.0763. The average Bonchev–Trinajstić information content (AvgIpc) is 2.70. The third-order valence-corrected chi connectivity index (χ3v) is 3.95. The minimum absolute atomic E-state index is 0.00255. The lowest BCUT2D eigenvalue weighted by Gasteiger charge is -2.21. The molecule has 0 aromatic carbocycles. The van der Waals surface area contributed by atoms with Crippen LogP contribution in [-0.2, 0) is 0 Å². The van der Waals surface area contributed by atoms with Crippen LogP contribution in [-0.4, -0.2) is 60.5 Å². The number of pyridine rings is 1. The van der Waals surface area contributed by atoms with Gasteiger partial charge in [-0.3, -0.25) is 4.79 Å². The maximum absolute atomic E-state index is 12.7. The van der Waals surface area contributed by atoms with Crippen LogP contribution in [0.5, 0.6) is 0 Å². The molecule has 116 valence electrons. The number of amides is 1. The highest BCUT2D eigenvalue weighted by molar-refractivity contribution is 6.33. The van der Waals surface area contributed by atoms with Crippen molar-refractivity contribution in [1.82, 2.24) is 14.8 Å². The van der Waals surface area contributed by atoms with Crippen LogP contribution in [0, 0.1) is 0 Å². The van der Waals surface area contributed by atoms with Crippen LogP contribution in [0.4, 0.5) is 5.82 Å². The van der Waals surface area contributed by atoms with E-state index in [0.29, 0.717) is 16.4 Å². The van der Waals surface area contributed by atoms with E-state index < -0.39 is 0 Å². The fraction of sp³-hybridized carbons (Fsp3) is 0.600. The lowest BCUT2D eigenvalue weighted by atomic mass is 10.2. The molecule has 0 atom stereocenters. The van der Waals surface area contributed by atoms with Crippen molar-refractivity contribution in [1.29, 1.82) is 0 Å². The van der Waals surface area contributed by atoms with Crippen molar-refractivity contribution < 1.29 is 4.79 Å². The summed E-state index contributed by atoms with van der Waals surface area (Å²) in [5.41, 5.74) is 0.537. The molecule has 1 N–H and O–H groups in total. The van der Waals surface area contributed by atoms with Gasteiger partial charge < -0.3 is 15.1 Å². The van der Waals surface area contributed by atoms with Gasteiger partial charge >= 0.3 is 0 Å².